The molecule has 3 atom stereocenters. The number of hydroxylamine groups is 1. The van der Waals surface area contributed by atoms with Crippen molar-refractivity contribution >= 4 is 29.2 Å². The van der Waals surface area contributed by atoms with Gasteiger partial charge in [0.15, 0.2) is 12.7 Å². The Bertz CT molecular complexity index is 1310. The number of aryl methyl sites for hydroxylation is 2. The first-order chi connectivity index (χ1) is 16.9. The maximum atomic E-state index is 13.8. The molecule has 2 saturated heterocycles. The highest BCUT2D eigenvalue weighted by atomic mass is 16.7. The number of rotatable bonds is 6. The summed E-state index contributed by atoms with van der Waals surface area (Å²) in [4.78, 5) is 45.9. The highest BCUT2D eigenvalue weighted by Gasteiger charge is 2.60. The van der Waals surface area contributed by atoms with Crippen LogP contribution in [0.2, 0.25) is 0 Å². The van der Waals surface area contributed by atoms with Crippen LogP contribution in [-0.4, -0.2) is 35.6 Å². The number of para-hydroxylation sites is 2. The molecular formula is C27H24N2O6. The fourth-order valence-electron chi connectivity index (χ4n) is 4.82. The van der Waals surface area contributed by atoms with Gasteiger partial charge in [-0.1, -0.05) is 54.1 Å². The Kier molecular flexibility index (Phi) is 5.74. The number of fused-ring (bicyclic) bond motifs is 1. The number of hydrogen-bond acceptors (Lipinski definition) is 6. The Morgan fingerprint density at radius 1 is 0.971 bits per heavy atom. The van der Waals surface area contributed by atoms with Gasteiger partial charge in [0.05, 0.1) is 17.4 Å². The number of aliphatic carboxylic acids is 1. The van der Waals surface area contributed by atoms with Crippen LogP contribution in [0.4, 0.5) is 11.4 Å². The summed E-state index contributed by atoms with van der Waals surface area (Å²) in [6.07, 6.45) is -1.03. The Balaban J connectivity index is 1.60. The number of hydrogen-bond donors (Lipinski definition) is 1. The Labute approximate surface area is 202 Å². The highest BCUT2D eigenvalue weighted by molar-refractivity contribution is 6.24. The van der Waals surface area contributed by atoms with Gasteiger partial charge < -0.3 is 9.84 Å². The van der Waals surface area contributed by atoms with Crippen LogP contribution in [0.3, 0.4) is 0 Å². The van der Waals surface area contributed by atoms with Gasteiger partial charge in [-0.2, -0.15) is 0 Å². The Morgan fingerprint density at radius 2 is 1.69 bits per heavy atom. The van der Waals surface area contributed by atoms with Crippen LogP contribution in [0.25, 0.3) is 0 Å². The van der Waals surface area contributed by atoms with Crippen LogP contribution in [0.15, 0.2) is 72.8 Å². The summed E-state index contributed by atoms with van der Waals surface area (Å²) in [6.45, 7) is 3.27. The topological polar surface area (TPSA) is 96.4 Å². The molecule has 0 aromatic heterocycles. The van der Waals surface area contributed by atoms with E-state index in [1.54, 1.807) is 35.4 Å². The fraction of sp³-hybridized carbons (Fsp3) is 0.222. The molecule has 3 aromatic carbocycles. The second-order valence-electron chi connectivity index (χ2n) is 8.68. The molecule has 0 spiro atoms. The van der Waals surface area contributed by atoms with Crippen LogP contribution in [0.1, 0.15) is 22.7 Å². The van der Waals surface area contributed by atoms with E-state index in [0.29, 0.717) is 22.7 Å². The molecule has 2 heterocycles. The van der Waals surface area contributed by atoms with E-state index in [-0.39, 0.29) is 5.91 Å². The lowest BCUT2D eigenvalue weighted by molar-refractivity contribution is -0.139. The molecule has 0 unspecified atom stereocenters. The van der Waals surface area contributed by atoms with E-state index >= 15 is 0 Å². The molecule has 0 aliphatic carbocycles. The molecule has 1 N–H and O–H groups in total. The lowest BCUT2D eigenvalue weighted by atomic mass is 9.90. The number of anilines is 2. The molecule has 0 saturated carbocycles. The minimum absolute atomic E-state index is 0.315. The van der Waals surface area contributed by atoms with Crippen LogP contribution in [0.5, 0.6) is 5.75 Å². The number of amides is 2. The molecule has 2 amide bonds. The number of nitrogens with zero attached hydrogens (tertiary/aromatic N) is 2. The van der Waals surface area contributed by atoms with Crippen LogP contribution in [0, 0.1) is 19.8 Å². The molecule has 8 nitrogen and oxygen atoms in total. The molecule has 35 heavy (non-hydrogen) atoms. The zero-order valence-electron chi connectivity index (χ0n) is 19.3. The van der Waals surface area contributed by atoms with Crippen molar-refractivity contribution in [3.05, 3.63) is 89.5 Å². The molecule has 3 aromatic rings. The van der Waals surface area contributed by atoms with E-state index in [1.807, 2.05) is 56.3 Å². The van der Waals surface area contributed by atoms with E-state index in [4.69, 9.17) is 14.7 Å². The molecule has 8 heteroatoms. The maximum absolute atomic E-state index is 13.8. The number of carboxylic acid groups (broad SMARTS) is 1. The van der Waals surface area contributed by atoms with E-state index in [9.17, 15) is 14.4 Å². The van der Waals surface area contributed by atoms with Crippen molar-refractivity contribution in [2.24, 2.45) is 5.92 Å². The minimum Gasteiger partial charge on any atom is -0.482 e. The molecule has 178 valence electrons. The zero-order chi connectivity index (χ0) is 24.7. The van der Waals surface area contributed by atoms with Crippen LogP contribution >= 0.6 is 0 Å². The molecule has 2 aliphatic heterocycles. The van der Waals surface area contributed by atoms with Crippen molar-refractivity contribution in [3.63, 3.8) is 0 Å². The molecule has 5 rings (SSSR count). The summed E-state index contributed by atoms with van der Waals surface area (Å²) in [6, 6.07) is 21.0. The summed E-state index contributed by atoms with van der Waals surface area (Å²) in [5.74, 6) is -2.45. The van der Waals surface area contributed by atoms with Gasteiger partial charge in [0, 0.05) is 5.56 Å². The van der Waals surface area contributed by atoms with Gasteiger partial charge in [0.2, 0.25) is 5.91 Å². The van der Waals surface area contributed by atoms with Gasteiger partial charge in [0.25, 0.3) is 5.91 Å². The largest absolute Gasteiger partial charge is 0.482 e. The van der Waals surface area contributed by atoms with Gasteiger partial charge in [0.1, 0.15) is 11.7 Å². The third-order valence-corrected chi connectivity index (χ3v) is 6.31. The molecule has 0 bridgehead atoms. The smallest absolute Gasteiger partial charge is 0.341 e. The lowest BCUT2D eigenvalue weighted by Gasteiger charge is -2.30. The van der Waals surface area contributed by atoms with Crippen molar-refractivity contribution in [2.75, 3.05) is 16.6 Å². The first kappa shape index (κ1) is 22.6. The number of carboxylic acids is 1. The summed E-state index contributed by atoms with van der Waals surface area (Å²) in [5.41, 5.74) is 3.60. The van der Waals surface area contributed by atoms with Gasteiger partial charge in [-0.25, -0.2) is 14.8 Å². The average Bonchev–Trinajstić information content (AvgIpc) is 3.35. The molecule has 0 radical (unpaired) electrons. The quantitative estimate of drug-likeness (QED) is 0.545. The van der Waals surface area contributed by atoms with E-state index in [0.717, 1.165) is 11.1 Å². The summed E-state index contributed by atoms with van der Waals surface area (Å²) in [7, 11) is 0. The predicted molar refractivity (Wildman–Crippen MR) is 128 cm³/mol. The summed E-state index contributed by atoms with van der Waals surface area (Å²) < 4.78 is 5.56. The predicted octanol–water partition coefficient (Wildman–Crippen LogP) is 3.82. The van der Waals surface area contributed by atoms with Crippen molar-refractivity contribution < 1.29 is 29.1 Å². The number of ether oxygens (including phenoxy) is 1. The van der Waals surface area contributed by atoms with Crippen molar-refractivity contribution in [1.82, 2.24) is 0 Å². The average molecular weight is 472 g/mol. The van der Waals surface area contributed by atoms with E-state index in [1.165, 1.54) is 4.90 Å². The first-order valence-corrected chi connectivity index (χ1v) is 11.3. The third kappa shape index (κ3) is 3.91. The second kappa shape index (κ2) is 8.88. The zero-order valence-corrected chi connectivity index (χ0v) is 19.3. The SMILES string of the molecule is Cc1ccc(N2C(=O)[C@@H]3[C@@H](ON(c4ccccc4)[C@H]3c3ccccc3OCC(=O)O)C2=O)c(C)c1. The molecule has 2 fully saturated rings. The number of benzene rings is 3. The second-order valence-corrected chi connectivity index (χ2v) is 8.68. The lowest BCUT2D eigenvalue weighted by Crippen LogP contribution is -2.37. The monoisotopic (exact) mass is 472 g/mol. The minimum atomic E-state index is -1.12. The Morgan fingerprint density at radius 3 is 2.40 bits per heavy atom. The summed E-state index contributed by atoms with van der Waals surface area (Å²) in [5, 5.41) is 10.7. The highest BCUT2D eigenvalue weighted by Crippen LogP contribution is 2.49. The normalized spacial score (nSPS) is 21.4. The first-order valence-electron chi connectivity index (χ1n) is 11.3. The summed E-state index contributed by atoms with van der Waals surface area (Å²) >= 11 is 0. The number of imide groups is 1. The molecular weight excluding hydrogens is 448 g/mol. The van der Waals surface area contributed by atoms with Gasteiger partial charge in [-0.05, 0) is 43.7 Å². The Hall–Kier alpha value is -4.17. The van der Waals surface area contributed by atoms with Crippen molar-refractivity contribution in [2.45, 2.75) is 26.0 Å². The van der Waals surface area contributed by atoms with E-state index < -0.39 is 36.5 Å². The van der Waals surface area contributed by atoms with Gasteiger partial charge in [-0.15, -0.1) is 0 Å². The van der Waals surface area contributed by atoms with Gasteiger partial charge >= 0.3 is 5.97 Å². The number of carbonyl (C=O) groups excluding carboxylic acids is 2. The fourth-order valence-corrected chi connectivity index (χ4v) is 4.82. The van der Waals surface area contributed by atoms with Crippen LogP contribution in [-0.2, 0) is 19.2 Å². The molecule has 2 aliphatic rings. The van der Waals surface area contributed by atoms with Crippen LogP contribution < -0.4 is 14.7 Å². The standard InChI is InChI=1S/C27H24N2O6/c1-16-12-13-20(17(2)14-16)28-26(32)23-24(19-10-6-7-11-21(19)34-15-22(30)31)29(35-25(23)27(28)33)18-8-4-3-5-9-18/h3-14,23-25H,15H2,1-2H3,(H,30,31)/t23-,24-,25+/m0/s1. The third-order valence-electron chi connectivity index (χ3n) is 6.31. The van der Waals surface area contributed by atoms with Crippen molar-refractivity contribution in [1.29, 1.82) is 0 Å². The maximum Gasteiger partial charge on any atom is 0.341 e. The van der Waals surface area contributed by atoms with Gasteiger partial charge in [-0.3, -0.25) is 14.4 Å². The number of carbonyl (C=O) groups is 3. The van der Waals surface area contributed by atoms with Crippen molar-refractivity contribution in [3.8, 4) is 5.75 Å². The van der Waals surface area contributed by atoms with E-state index in [2.05, 4.69) is 0 Å².